The summed E-state index contributed by atoms with van der Waals surface area (Å²) in [6, 6.07) is 60.6. The van der Waals surface area contributed by atoms with Crippen LogP contribution in [0.3, 0.4) is 0 Å². The quantitative estimate of drug-likeness (QED) is 0.0215. The van der Waals surface area contributed by atoms with E-state index in [1.165, 1.54) is 151 Å². The molecule has 1 spiro atoms. The second-order valence-corrected chi connectivity index (χ2v) is 35.9. The van der Waals surface area contributed by atoms with Gasteiger partial charge < -0.3 is 18.9 Å². The van der Waals surface area contributed by atoms with Crippen LogP contribution in [0.15, 0.2) is 287 Å². The van der Waals surface area contributed by atoms with E-state index >= 15 is 0 Å². The number of benzene rings is 8. The first-order valence-electron chi connectivity index (χ1n) is 49.8. The summed E-state index contributed by atoms with van der Waals surface area (Å²) in [6.45, 7) is 8.93. The van der Waals surface area contributed by atoms with Crippen LogP contribution in [0, 0.1) is 0 Å². The highest BCUT2D eigenvalue weighted by atomic mass is 16.5. The van der Waals surface area contributed by atoms with Crippen LogP contribution in [-0.4, -0.2) is 70.9 Å². The lowest BCUT2D eigenvalue weighted by atomic mass is 10.0. The monoisotopic (exact) mass is 1720 g/mol. The molecular weight excluding hydrogens is 1580 g/mol. The Morgan fingerprint density at radius 1 is 0.217 bits per heavy atom. The van der Waals surface area contributed by atoms with Crippen LogP contribution >= 0.6 is 0 Å². The summed E-state index contributed by atoms with van der Waals surface area (Å²) in [5.74, 6) is 10.8. The normalized spacial score (nSPS) is 15.9. The molecule has 0 aliphatic carbocycles. The molecule has 8 aromatic rings. The number of nitrogens with zero attached hydrogens (tertiary/aromatic N) is 8. The number of unbranched alkanes of at least 4 members (excludes halogenated alkanes) is 24. The first-order valence-corrected chi connectivity index (χ1v) is 49.8. The Balaban J connectivity index is 0.712. The van der Waals surface area contributed by atoms with E-state index in [2.05, 4.69) is 313 Å². The van der Waals surface area contributed by atoms with Crippen molar-refractivity contribution in [2.75, 3.05) is 0 Å². The fourth-order valence-electron chi connectivity index (χ4n) is 19.0. The van der Waals surface area contributed by atoms with Crippen molar-refractivity contribution >= 4 is 46.7 Å². The van der Waals surface area contributed by atoms with Crippen molar-refractivity contribution in [3.05, 3.63) is 334 Å². The van der Waals surface area contributed by atoms with Crippen LogP contribution in [0.4, 0.5) is 0 Å². The molecule has 664 valence electrons. The van der Waals surface area contributed by atoms with Crippen molar-refractivity contribution in [1.29, 1.82) is 0 Å². The molecule has 8 aliphatic heterocycles. The molecule has 0 N–H and O–H groups in total. The van der Waals surface area contributed by atoms with Gasteiger partial charge in [-0.05, 0) is 298 Å². The maximum Gasteiger partial charge on any atom is 0.491 e. The summed E-state index contributed by atoms with van der Waals surface area (Å²) < 4.78 is 37.6. The molecule has 16 rings (SSSR count). The number of aliphatic imine (C=N–C) groups is 4. The predicted octanol–water partition coefficient (Wildman–Crippen LogP) is 30.4. The Morgan fingerprint density at radius 3 is 0.721 bits per heavy atom. The number of fused-ring (bicyclic) bond motifs is 12. The SMILES string of the molecule is CCC/C=C/C/C=C/CCCCCCCc1cccc(Oc2ccc3c(c2)C2=NC4=[N+]5C(=NC6=[N+]7C(=NC8=[N+]9C(=NC3=[N+]2C957)c2cc(Oc3cccc(CCCCCCC/C=C/C/C=C/CCC)c3)ccc28)c2ccc(Oc3cccc(CCCCCCC/C=C/C/C=C/CCC)c3)cc26)c2ccc(Oc3cccc(CCCCCCC/C=C/C/C=C/CCC)c3)cc24)c1. The molecule has 0 radical (unpaired) electrons. The predicted molar refractivity (Wildman–Crippen MR) is 535 cm³/mol. The van der Waals surface area contributed by atoms with Gasteiger partial charge in [0.1, 0.15) is 46.0 Å². The lowest BCUT2D eigenvalue weighted by Gasteiger charge is -2.38. The molecule has 0 bridgehead atoms. The van der Waals surface area contributed by atoms with Gasteiger partial charge in [0, 0.05) is 0 Å². The number of hydrogen-bond donors (Lipinski definition) is 0. The largest absolute Gasteiger partial charge is 0.491 e. The number of ether oxygens (including phenoxy) is 4. The van der Waals surface area contributed by atoms with Gasteiger partial charge >= 0.3 is 5.91 Å². The van der Waals surface area contributed by atoms with Gasteiger partial charge in [0.25, 0.3) is 46.7 Å². The average Bonchev–Trinajstić information content (AvgIpc) is 1.46. The standard InChI is InChI=1S/C117H136N8O4/c1-5-9-13-17-21-25-29-33-37-41-45-49-53-61-89-65-57-69-93(81-89)126-97-73-77-101-105(85-97)113-119-111-103-79-75-99(128-95-71-59-67-91(83-95)63-55-51-47-43-39-35-31-27-23-19-15-11-7-3)87-107(103)115-121-116-108-88-100(129-96-72-60-68-92(84-96)64-56-52-48-44-40-36-32-28-24-20-16-12-8-4)76-80-104(108)112-120-114-106-86-98(74-78-102(106)110-118-109(101)122(113)117(123(110)114,124(111)115)125(112)116)127-94-70-58-66-90(82-94)62-54-50-46-42-38-34-30-26-22-18-14-10-6-2/h13-20,25-32,57-60,65-88H,5-12,21-24,33-56,61-64H2,1-4H3/q+4/b17-13+,18-14+,19-15+,20-16+,29-25+,30-26+,31-27+,32-28+. The Morgan fingerprint density at radius 2 is 0.442 bits per heavy atom. The third kappa shape index (κ3) is 22.4. The van der Waals surface area contributed by atoms with E-state index in [4.69, 9.17) is 38.9 Å². The van der Waals surface area contributed by atoms with Crippen LogP contribution in [0.1, 0.15) is 326 Å². The smallest absolute Gasteiger partial charge is 0.457 e. The first-order chi connectivity index (χ1) is 63.9. The summed E-state index contributed by atoms with van der Waals surface area (Å²) in [6.07, 6.45) is 83.6. The van der Waals surface area contributed by atoms with Gasteiger partial charge in [0.05, 0.1) is 44.5 Å². The molecule has 12 nitrogen and oxygen atoms in total. The van der Waals surface area contributed by atoms with Gasteiger partial charge in [-0.1, -0.05) is 296 Å². The number of rotatable bonds is 56. The van der Waals surface area contributed by atoms with Crippen LogP contribution in [0.2, 0.25) is 0 Å². The fourth-order valence-corrected chi connectivity index (χ4v) is 19.0. The van der Waals surface area contributed by atoms with Gasteiger partial charge in [0.2, 0.25) is 0 Å². The molecule has 129 heavy (non-hydrogen) atoms. The molecular formula is C117H136N8O4+4. The maximum absolute atomic E-state index is 7.05. The van der Waals surface area contributed by atoms with Crippen molar-refractivity contribution in [3.63, 3.8) is 0 Å². The van der Waals surface area contributed by atoms with Crippen LogP contribution in [0.25, 0.3) is 0 Å². The molecule has 1 unspecified atom stereocenters. The lowest BCUT2D eigenvalue weighted by Crippen LogP contribution is -2.76. The minimum Gasteiger partial charge on any atom is -0.457 e. The molecule has 0 amide bonds. The van der Waals surface area contributed by atoms with Crippen molar-refractivity contribution in [1.82, 2.24) is 0 Å². The van der Waals surface area contributed by atoms with E-state index in [-0.39, 0.29) is 0 Å². The lowest BCUT2D eigenvalue weighted by molar-refractivity contribution is -1.06. The molecule has 12 heteroatoms. The average molecular weight is 1720 g/mol. The van der Waals surface area contributed by atoms with Crippen LogP contribution in [0.5, 0.6) is 46.0 Å². The molecule has 8 aliphatic rings. The van der Waals surface area contributed by atoms with E-state index in [0.29, 0.717) is 11.5 Å². The van der Waals surface area contributed by atoms with Crippen molar-refractivity contribution < 1.29 is 37.2 Å². The summed E-state index contributed by atoms with van der Waals surface area (Å²) in [5.41, 5.74) is 12.5. The molecule has 0 fully saturated rings. The highest BCUT2D eigenvalue weighted by Crippen LogP contribution is 2.49. The topological polar surface area (TPSA) is 98.4 Å². The number of amidine groups is 8. The highest BCUT2D eigenvalue weighted by Gasteiger charge is 2.78. The molecule has 0 saturated carbocycles. The van der Waals surface area contributed by atoms with Crippen molar-refractivity contribution in [2.24, 2.45) is 20.0 Å². The molecule has 0 saturated heterocycles. The highest BCUT2D eigenvalue weighted by molar-refractivity contribution is 6.30. The minimum atomic E-state index is -1.32. The zero-order valence-corrected chi connectivity index (χ0v) is 77.4. The zero-order valence-electron chi connectivity index (χ0n) is 77.4. The number of allylic oxidation sites excluding steroid dienone is 16. The molecule has 0 aromatic heterocycles. The number of aryl methyl sites for hydroxylation is 4. The second kappa shape index (κ2) is 46.5. The van der Waals surface area contributed by atoms with E-state index in [0.717, 1.165) is 254 Å². The summed E-state index contributed by atoms with van der Waals surface area (Å²) in [4.78, 5) is 23.8. The Bertz CT molecular complexity index is 5800. The fraction of sp³-hybridized carbons (Fsp3) is 0.385. The number of hydrogen-bond acceptors (Lipinski definition) is 8. The van der Waals surface area contributed by atoms with Crippen LogP contribution < -0.4 is 18.9 Å². The van der Waals surface area contributed by atoms with Gasteiger partial charge in [0.15, 0.2) is 0 Å². The Hall–Kier alpha value is -11.8. The second-order valence-electron chi connectivity index (χ2n) is 35.9. The van der Waals surface area contributed by atoms with Gasteiger partial charge in [-0.2, -0.15) is 0 Å². The summed E-state index contributed by atoms with van der Waals surface area (Å²) >= 11 is 0. The van der Waals surface area contributed by atoms with E-state index < -0.39 is 5.91 Å². The van der Waals surface area contributed by atoms with Crippen molar-refractivity contribution in [2.45, 2.75) is 290 Å². The third-order valence-corrected chi connectivity index (χ3v) is 25.8. The van der Waals surface area contributed by atoms with Gasteiger partial charge in [-0.15, -0.1) is 18.3 Å². The summed E-state index contributed by atoms with van der Waals surface area (Å²) in [7, 11) is 0. The minimum absolute atomic E-state index is 0.712. The molecule has 1 atom stereocenters. The van der Waals surface area contributed by atoms with E-state index in [1.54, 1.807) is 0 Å². The summed E-state index contributed by atoms with van der Waals surface area (Å²) in [5, 5.41) is 0. The van der Waals surface area contributed by atoms with Crippen LogP contribution in [-0.2, 0) is 25.7 Å². The third-order valence-electron chi connectivity index (χ3n) is 25.8. The zero-order chi connectivity index (χ0) is 88.0. The van der Waals surface area contributed by atoms with Crippen molar-refractivity contribution in [3.8, 4) is 46.0 Å². The van der Waals surface area contributed by atoms with E-state index in [9.17, 15) is 0 Å². The Kier molecular flexibility index (Phi) is 32.6. The Labute approximate surface area is 769 Å². The molecule has 8 heterocycles. The van der Waals surface area contributed by atoms with Gasteiger partial charge in [-0.3, -0.25) is 0 Å². The van der Waals surface area contributed by atoms with E-state index in [1.807, 2.05) is 0 Å². The van der Waals surface area contributed by atoms with Gasteiger partial charge in [-0.25, -0.2) is 0 Å². The maximum atomic E-state index is 7.05. The molecule has 8 aromatic carbocycles. The first kappa shape index (κ1) is 90.6.